The quantitative estimate of drug-likeness (QED) is 0.744. The van der Waals surface area contributed by atoms with Crippen molar-refractivity contribution in [1.29, 1.82) is 0 Å². The minimum Gasteiger partial charge on any atom is -0.484 e. The molecule has 0 spiro atoms. The van der Waals surface area contributed by atoms with Crippen molar-refractivity contribution in [3.05, 3.63) is 52.7 Å². The van der Waals surface area contributed by atoms with Crippen LogP contribution in [0.3, 0.4) is 0 Å². The smallest absolute Gasteiger partial charge is 0.258 e. The molecule has 0 bridgehead atoms. The normalized spacial score (nSPS) is 10.6. The van der Waals surface area contributed by atoms with Crippen LogP contribution in [-0.4, -0.2) is 22.7 Å². The van der Waals surface area contributed by atoms with Crippen LogP contribution in [0.15, 0.2) is 40.2 Å². The standard InChI is InChI=1S/C17H17N3O3S/c1-11-6-12(2)8-13(7-11)22-10-15(21)18-9-16-19-17(20-23-16)14-4-3-5-24-14/h3-8H,9-10H2,1-2H3,(H,18,21). The Bertz CT molecular complexity index is 807. The molecule has 24 heavy (non-hydrogen) atoms. The summed E-state index contributed by atoms with van der Waals surface area (Å²) in [6.45, 7) is 4.09. The summed E-state index contributed by atoms with van der Waals surface area (Å²) in [5.74, 6) is 1.32. The summed E-state index contributed by atoms with van der Waals surface area (Å²) in [4.78, 5) is 17.0. The second kappa shape index (κ2) is 7.27. The Morgan fingerprint density at radius 2 is 2.08 bits per heavy atom. The predicted molar refractivity (Wildman–Crippen MR) is 90.9 cm³/mol. The number of aromatic nitrogens is 2. The number of carbonyl (C=O) groups excluding carboxylic acids is 1. The number of benzene rings is 1. The van der Waals surface area contributed by atoms with Crippen LogP contribution in [-0.2, 0) is 11.3 Å². The first-order valence-corrected chi connectivity index (χ1v) is 8.32. The van der Waals surface area contributed by atoms with Gasteiger partial charge in [0.1, 0.15) is 5.75 Å². The fourth-order valence-electron chi connectivity index (χ4n) is 2.22. The van der Waals surface area contributed by atoms with Crippen molar-refractivity contribution in [2.24, 2.45) is 0 Å². The fraction of sp³-hybridized carbons (Fsp3) is 0.235. The molecule has 2 aromatic heterocycles. The average Bonchev–Trinajstić information content (AvgIpc) is 3.20. The van der Waals surface area contributed by atoms with E-state index in [0.29, 0.717) is 17.5 Å². The summed E-state index contributed by atoms with van der Waals surface area (Å²) in [7, 11) is 0. The lowest BCUT2D eigenvalue weighted by Crippen LogP contribution is -2.28. The highest BCUT2D eigenvalue weighted by Gasteiger charge is 2.11. The SMILES string of the molecule is Cc1cc(C)cc(OCC(=O)NCc2nc(-c3cccs3)no2)c1. The summed E-state index contributed by atoms with van der Waals surface area (Å²) in [5, 5.41) is 8.53. The van der Waals surface area contributed by atoms with Crippen LogP contribution < -0.4 is 10.1 Å². The maximum atomic E-state index is 11.9. The van der Waals surface area contributed by atoms with Gasteiger partial charge in [0.2, 0.25) is 11.7 Å². The summed E-state index contributed by atoms with van der Waals surface area (Å²) in [5.41, 5.74) is 2.19. The molecular weight excluding hydrogens is 326 g/mol. The Balaban J connectivity index is 1.49. The summed E-state index contributed by atoms with van der Waals surface area (Å²) >= 11 is 1.53. The molecule has 1 N–H and O–H groups in total. The maximum Gasteiger partial charge on any atom is 0.258 e. The van der Waals surface area contributed by atoms with Crippen molar-refractivity contribution in [3.63, 3.8) is 0 Å². The maximum absolute atomic E-state index is 11.9. The van der Waals surface area contributed by atoms with Gasteiger partial charge >= 0.3 is 0 Å². The van der Waals surface area contributed by atoms with Gasteiger partial charge in [0.15, 0.2) is 6.61 Å². The lowest BCUT2D eigenvalue weighted by molar-refractivity contribution is -0.123. The Morgan fingerprint density at radius 3 is 2.79 bits per heavy atom. The van der Waals surface area contributed by atoms with Crippen LogP contribution >= 0.6 is 11.3 Å². The van der Waals surface area contributed by atoms with E-state index in [1.54, 1.807) is 0 Å². The summed E-state index contributed by atoms with van der Waals surface area (Å²) in [6.07, 6.45) is 0. The Labute approximate surface area is 143 Å². The van der Waals surface area contributed by atoms with E-state index in [1.807, 2.05) is 49.6 Å². The monoisotopic (exact) mass is 343 g/mol. The van der Waals surface area contributed by atoms with E-state index in [1.165, 1.54) is 11.3 Å². The van der Waals surface area contributed by atoms with Crippen LogP contribution in [0.1, 0.15) is 17.0 Å². The molecule has 3 rings (SSSR count). The number of thiophene rings is 1. The van der Waals surface area contributed by atoms with Gasteiger partial charge in [0, 0.05) is 0 Å². The van der Waals surface area contributed by atoms with E-state index in [-0.39, 0.29) is 19.1 Å². The van der Waals surface area contributed by atoms with E-state index in [0.717, 1.165) is 16.0 Å². The molecule has 1 amide bonds. The molecule has 0 aliphatic carbocycles. The van der Waals surface area contributed by atoms with Gasteiger partial charge in [0.25, 0.3) is 5.91 Å². The highest BCUT2D eigenvalue weighted by Crippen LogP contribution is 2.21. The van der Waals surface area contributed by atoms with Gasteiger partial charge in [-0.25, -0.2) is 0 Å². The molecule has 0 atom stereocenters. The number of hydrogen-bond acceptors (Lipinski definition) is 6. The molecule has 0 radical (unpaired) electrons. The van der Waals surface area contributed by atoms with Crippen LogP contribution in [0.2, 0.25) is 0 Å². The zero-order valence-corrected chi connectivity index (χ0v) is 14.2. The third kappa shape index (κ3) is 4.20. The molecule has 0 saturated carbocycles. The first kappa shape index (κ1) is 16.2. The van der Waals surface area contributed by atoms with E-state index < -0.39 is 0 Å². The van der Waals surface area contributed by atoms with Gasteiger partial charge in [-0.05, 0) is 48.6 Å². The van der Waals surface area contributed by atoms with Crippen LogP contribution in [0.25, 0.3) is 10.7 Å². The van der Waals surface area contributed by atoms with Crippen molar-refractivity contribution in [1.82, 2.24) is 15.5 Å². The van der Waals surface area contributed by atoms with Crippen molar-refractivity contribution < 1.29 is 14.1 Å². The third-order valence-electron chi connectivity index (χ3n) is 3.21. The molecule has 0 saturated heterocycles. The molecular formula is C17H17N3O3S. The molecule has 0 unspecified atom stereocenters. The Hall–Kier alpha value is -2.67. The Morgan fingerprint density at radius 1 is 1.29 bits per heavy atom. The molecule has 1 aromatic carbocycles. The van der Waals surface area contributed by atoms with Gasteiger partial charge in [-0.2, -0.15) is 4.98 Å². The van der Waals surface area contributed by atoms with E-state index in [4.69, 9.17) is 9.26 Å². The summed E-state index contributed by atoms with van der Waals surface area (Å²) < 4.78 is 10.6. The minimum absolute atomic E-state index is 0.0607. The van der Waals surface area contributed by atoms with Crippen LogP contribution in [0.4, 0.5) is 0 Å². The number of nitrogens with zero attached hydrogens (tertiary/aromatic N) is 2. The number of carbonyl (C=O) groups is 1. The fourth-order valence-corrected chi connectivity index (χ4v) is 2.87. The second-order valence-electron chi connectivity index (χ2n) is 5.38. The minimum atomic E-state index is -0.245. The van der Waals surface area contributed by atoms with Gasteiger partial charge in [-0.15, -0.1) is 11.3 Å². The predicted octanol–water partition coefficient (Wildman–Crippen LogP) is 3.11. The molecule has 7 heteroatoms. The largest absolute Gasteiger partial charge is 0.484 e. The lowest BCUT2D eigenvalue weighted by Gasteiger charge is -2.08. The number of ether oxygens (including phenoxy) is 1. The number of nitrogens with one attached hydrogen (secondary N) is 1. The zero-order chi connectivity index (χ0) is 16.9. The summed E-state index contributed by atoms with van der Waals surface area (Å²) in [6, 6.07) is 9.67. The van der Waals surface area contributed by atoms with Gasteiger partial charge < -0.3 is 14.6 Å². The molecule has 2 heterocycles. The third-order valence-corrected chi connectivity index (χ3v) is 4.08. The Kier molecular flexibility index (Phi) is 4.90. The first-order valence-electron chi connectivity index (χ1n) is 7.44. The topological polar surface area (TPSA) is 77.2 Å². The number of aryl methyl sites for hydroxylation is 2. The molecule has 0 aliphatic heterocycles. The second-order valence-corrected chi connectivity index (χ2v) is 6.33. The zero-order valence-electron chi connectivity index (χ0n) is 13.4. The van der Waals surface area contributed by atoms with Crippen LogP contribution in [0, 0.1) is 13.8 Å². The number of hydrogen-bond donors (Lipinski definition) is 1. The highest BCUT2D eigenvalue weighted by atomic mass is 32.1. The number of rotatable bonds is 6. The van der Waals surface area contributed by atoms with Crippen molar-refractivity contribution in [2.75, 3.05) is 6.61 Å². The molecule has 0 fully saturated rings. The molecule has 0 aliphatic rings. The van der Waals surface area contributed by atoms with Gasteiger partial charge in [-0.1, -0.05) is 17.3 Å². The van der Waals surface area contributed by atoms with Crippen LogP contribution in [0.5, 0.6) is 5.75 Å². The highest BCUT2D eigenvalue weighted by molar-refractivity contribution is 7.13. The van der Waals surface area contributed by atoms with E-state index in [2.05, 4.69) is 15.5 Å². The van der Waals surface area contributed by atoms with Crippen molar-refractivity contribution in [2.45, 2.75) is 20.4 Å². The molecule has 124 valence electrons. The van der Waals surface area contributed by atoms with Gasteiger partial charge in [0.05, 0.1) is 11.4 Å². The van der Waals surface area contributed by atoms with Crippen molar-refractivity contribution >= 4 is 17.2 Å². The van der Waals surface area contributed by atoms with Gasteiger partial charge in [-0.3, -0.25) is 4.79 Å². The van der Waals surface area contributed by atoms with E-state index in [9.17, 15) is 4.79 Å². The number of amides is 1. The average molecular weight is 343 g/mol. The first-order chi connectivity index (χ1) is 11.6. The van der Waals surface area contributed by atoms with Crippen molar-refractivity contribution in [3.8, 4) is 16.5 Å². The molecule has 3 aromatic rings. The molecule has 6 nitrogen and oxygen atoms in total. The lowest BCUT2D eigenvalue weighted by atomic mass is 10.1. The van der Waals surface area contributed by atoms with E-state index >= 15 is 0 Å².